The molecule has 0 aromatic heterocycles. The predicted molar refractivity (Wildman–Crippen MR) is 82.7 cm³/mol. The second kappa shape index (κ2) is 9.11. The van der Waals surface area contributed by atoms with E-state index in [4.69, 9.17) is 4.74 Å². The van der Waals surface area contributed by atoms with Gasteiger partial charge in [0.05, 0.1) is 12.6 Å². The maximum Gasteiger partial charge on any atom is 0.0661 e. The third kappa shape index (κ3) is 5.75. The quantitative estimate of drug-likeness (QED) is 0.672. The van der Waals surface area contributed by atoms with Crippen molar-refractivity contribution in [3.05, 3.63) is 35.4 Å². The van der Waals surface area contributed by atoms with E-state index in [0.29, 0.717) is 12.0 Å². The molecule has 0 heterocycles. The van der Waals surface area contributed by atoms with Gasteiger partial charge in [0.15, 0.2) is 0 Å². The van der Waals surface area contributed by atoms with E-state index in [1.807, 2.05) is 7.05 Å². The van der Waals surface area contributed by atoms with E-state index in [1.165, 1.54) is 30.4 Å². The van der Waals surface area contributed by atoms with Gasteiger partial charge in [0.2, 0.25) is 0 Å². The number of hydrogen-bond donors (Lipinski definition) is 1. The highest BCUT2D eigenvalue weighted by Gasteiger charge is 2.09. The van der Waals surface area contributed by atoms with E-state index in [0.717, 1.165) is 13.2 Å². The molecular formula is C17H29NO. The molecular weight excluding hydrogens is 234 g/mol. The summed E-state index contributed by atoms with van der Waals surface area (Å²) < 4.78 is 5.76. The summed E-state index contributed by atoms with van der Waals surface area (Å²) in [5.41, 5.74) is 2.70. The molecule has 2 heteroatoms. The Kier molecular flexibility index (Phi) is 7.76. The number of benzene rings is 1. The van der Waals surface area contributed by atoms with Crippen molar-refractivity contribution in [3.63, 3.8) is 0 Å². The van der Waals surface area contributed by atoms with Crippen LogP contribution in [0.15, 0.2) is 24.3 Å². The molecule has 0 aliphatic carbocycles. The number of ether oxygens (including phenoxy) is 1. The third-order valence-corrected chi connectivity index (χ3v) is 3.53. The van der Waals surface area contributed by atoms with Gasteiger partial charge in [-0.15, -0.1) is 0 Å². The van der Waals surface area contributed by atoms with Crippen LogP contribution in [0, 0.1) is 0 Å². The van der Waals surface area contributed by atoms with Crippen molar-refractivity contribution in [3.8, 4) is 0 Å². The van der Waals surface area contributed by atoms with E-state index in [9.17, 15) is 0 Å². The Bertz CT molecular complexity index is 332. The lowest BCUT2D eigenvalue weighted by atomic mass is 9.99. The SMILES string of the molecule is CCCCCOCC(NC)c1ccc(C(C)C)cc1. The molecule has 1 aromatic carbocycles. The molecule has 0 fully saturated rings. The third-order valence-electron chi connectivity index (χ3n) is 3.53. The van der Waals surface area contributed by atoms with Crippen LogP contribution in [0.25, 0.3) is 0 Å². The fourth-order valence-corrected chi connectivity index (χ4v) is 2.11. The maximum absolute atomic E-state index is 5.76. The summed E-state index contributed by atoms with van der Waals surface area (Å²) in [6, 6.07) is 9.17. The molecule has 0 spiro atoms. The van der Waals surface area contributed by atoms with E-state index < -0.39 is 0 Å². The van der Waals surface area contributed by atoms with Crippen LogP contribution < -0.4 is 5.32 Å². The zero-order valence-electron chi connectivity index (χ0n) is 12.9. The Morgan fingerprint density at radius 3 is 2.21 bits per heavy atom. The van der Waals surface area contributed by atoms with Crippen LogP contribution in [-0.2, 0) is 4.74 Å². The Morgan fingerprint density at radius 2 is 1.68 bits per heavy atom. The lowest BCUT2D eigenvalue weighted by Crippen LogP contribution is -2.22. The largest absolute Gasteiger partial charge is 0.379 e. The summed E-state index contributed by atoms with van der Waals surface area (Å²) in [5, 5.41) is 3.33. The van der Waals surface area contributed by atoms with Gasteiger partial charge in [-0.05, 0) is 30.5 Å². The molecule has 1 rings (SSSR count). The average Bonchev–Trinajstić information content (AvgIpc) is 2.43. The van der Waals surface area contributed by atoms with Crippen molar-refractivity contribution < 1.29 is 4.74 Å². The van der Waals surface area contributed by atoms with Crippen LogP contribution in [-0.4, -0.2) is 20.3 Å². The average molecular weight is 263 g/mol. The first-order chi connectivity index (χ1) is 9.19. The molecule has 0 amide bonds. The summed E-state index contributed by atoms with van der Waals surface area (Å²) in [6.45, 7) is 8.28. The van der Waals surface area contributed by atoms with Crippen molar-refractivity contribution in [2.45, 2.75) is 52.0 Å². The van der Waals surface area contributed by atoms with E-state index in [-0.39, 0.29) is 0 Å². The topological polar surface area (TPSA) is 21.3 Å². The van der Waals surface area contributed by atoms with E-state index >= 15 is 0 Å². The van der Waals surface area contributed by atoms with Crippen LogP contribution >= 0.6 is 0 Å². The molecule has 19 heavy (non-hydrogen) atoms. The molecule has 108 valence electrons. The number of nitrogens with one attached hydrogen (secondary N) is 1. The lowest BCUT2D eigenvalue weighted by Gasteiger charge is -2.17. The normalized spacial score (nSPS) is 12.9. The molecule has 0 aliphatic rings. The van der Waals surface area contributed by atoms with Gasteiger partial charge in [0.1, 0.15) is 0 Å². The maximum atomic E-state index is 5.76. The minimum atomic E-state index is 0.294. The lowest BCUT2D eigenvalue weighted by molar-refractivity contribution is 0.110. The highest BCUT2D eigenvalue weighted by Crippen LogP contribution is 2.19. The van der Waals surface area contributed by atoms with Crippen LogP contribution in [0.3, 0.4) is 0 Å². The van der Waals surface area contributed by atoms with Crippen molar-refractivity contribution in [1.29, 1.82) is 0 Å². The molecule has 1 N–H and O–H groups in total. The standard InChI is InChI=1S/C17H29NO/c1-5-6-7-12-19-13-17(18-4)16-10-8-15(9-11-16)14(2)3/h8-11,14,17-18H,5-7,12-13H2,1-4H3. The number of hydrogen-bond acceptors (Lipinski definition) is 2. The second-order valence-corrected chi connectivity index (χ2v) is 5.44. The van der Waals surface area contributed by atoms with Crippen LogP contribution in [0.5, 0.6) is 0 Å². The minimum Gasteiger partial charge on any atom is -0.379 e. The minimum absolute atomic E-state index is 0.294. The summed E-state index contributed by atoms with van der Waals surface area (Å²) in [4.78, 5) is 0. The van der Waals surface area contributed by atoms with Crippen LogP contribution in [0.2, 0.25) is 0 Å². The highest BCUT2D eigenvalue weighted by molar-refractivity contribution is 5.26. The van der Waals surface area contributed by atoms with Gasteiger partial charge in [0.25, 0.3) is 0 Å². The van der Waals surface area contributed by atoms with Gasteiger partial charge in [-0.1, -0.05) is 57.9 Å². The van der Waals surface area contributed by atoms with Gasteiger partial charge < -0.3 is 10.1 Å². The molecule has 0 bridgehead atoms. The van der Waals surface area contributed by atoms with Gasteiger partial charge >= 0.3 is 0 Å². The summed E-state index contributed by atoms with van der Waals surface area (Å²) in [7, 11) is 2.00. The van der Waals surface area contributed by atoms with Crippen molar-refractivity contribution in [2.24, 2.45) is 0 Å². The molecule has 1 aromatic rings. The Balaban J connectivity index is 2.45. The first kappa shape index (κ1) is 16.2. The van der Waals surface area contributed by atoms with Crippen LogP contribution in [0.1, 0.15) is 63.1 Å². The molecule has 1 unspecified atom stereocenters. The zero-order chi connectivity index (χ0) is 14.1. The number of rotatable bonds is 9. The Morgan fingerprint density at radius 1 is 1.05 bits per heavy atom. The number of unbranched alkanes of at least 4 members (excludes halogenated alkanes) is 2. The van der Waals surface area contributed by atoms with Crippen molar-refractivity contribution in [1.82, 2.24) is 5.32 Å². The molecule has 0 radical (unpaired) electrons. The van der Waals surface area contributed by atoms with E-state index in [1.54, 1.807) is 0 Å². The molecule has 1 atom stereocenters. The van der Waals surface area contributed by atoms with Crippen molar-refractivity contribution >= 4 is 0 Å². The summed E-state index contributed by atoms with van der Waals surface area (Å²) in [6.07, 6.45) is 3.67. The number of likely N-dealkylation sites (N-methyl/N-ethyl adjacent to an activating group) is 1. The molecule has 0 saturated carbocycles. The van der Waals surface area contributed by atoms with Gasteiger partial charge in [0, 0.05) is 6.61 Å². The Labute approximate surface area is 118 Å². The summed E-state index contributed by atoms with van der Waals surface area (Å²) >= 11 is 0. The van der Waals surface area contributed by atoms with Gasteiger partial charge in [-0.2, -0.15) is 0 Å². The highest BCUT2D eigenvalue weighted by atomic mass is 16.5. The smallest absolute Gasteiger partial charge is 0.0661 e. The predicted octanol–water partition coefficient (Wildman–Crippen LogP) is 4.28. The first-order valence-corrected chi connectivity index (χ1v) is 7.53. The van der Waals surface area contributed by atoms with E-state index in [2.05, 4.69) is 50.4 Å². The monoisotopic (exact) mass is 263 g/mol. The molecule has 0 aliphatic heterocycles. The molecule has 2 nitrogen and oxygen atoms in total. The zero-order valence-corrected chi connectivity index (χ0v) is 12.9. The summed E-state index contributed by atoms with van der Waals surface area (Å²) in [5.74, 6) is 0.590. The van der Waals surface area contributed by atoms with Crippen molar-refractivity contribution in [2.75, 3.05) is 20.3 Å². The van der Waals surface area contributed by atoms with Gasteiger partial charge in [-0.3, -0.25) is 0 Å². The first-order valence-electron chi connectivity index (χ1n) is 7.53. The Hall–Kier alpha value is -0.860. The van der Waals surface area contributed by atoms with Gasteiger partial charge in [-0.25, -0.2) is 0 Å². The fourth-order valence-electron chi connectivity index (χ4n) is 2.11. The second-order valence-electron chi connectivity index (χ2n) is 5.44. The fraction of sp³-hybridized carbons (Fsp3) is 0.647. The molecule has 0 saturated heterocycles. The van der Waals surface area contributed by atoms with Crippen LogP contribution in [0.4, 0.5) is 0 Å².